The molecule has 1 N–H and O–H groups in total. The van der Waals surface area contributed by atoms with Gasteiger partial charge >= 0.3 is 24.5 Å². The highest BCUT2D eigenvalue weighted by Gasteiger charge is 2.38. The molecule has 2 aliphatic heterocycles. The van der Waals surface area contributed by atoms with Gasteiger partial charge in [-0.1, -0.05) is 19.8 Å². The van der Waals surface area contributed by atoms with Gasteiger partial charge in [0, 0.05) is 120 Å². The fourth-order valence-electron chi connectivity index (χ4n) is 9.84. The summed E-state index contributed by atoms with van der Waals surface area (Å²) in [5.74, 6) is -2.12. The third kappa shape index (κ3) is 21.3. The lowest BCUT2D eigenvalue weighted by molar-refractivity contribution is -0.138. The fourth-order valence-corrected chi connectivity index (χ4v) is 9.84. The Morgan fingerprint density at radius 3 is 1.32 bits per heavy atom. The molecule has 0 unspecified atom stereocenters. The summed E-state index contributed by atoms with van der Waals surface area (Å²) in [6.45, 7) is 12.5. The number of halogens is 6. The highest BCUT2D eigenvalue weighted by molar-refractivity contribution is 6.01. The molecule has 0 saturated carbocycles. The van der Waals surface area contributed by atoms with Crippen molar-refractivity contribution in [3.8, 4) is 11.5 Å². The summed E-state index contributed by atoms with van der Waals surface area (Å²) in [4.78, 5) is 101. The second-order valence-electron chi connectivity index (χ2n) is 23.3. The van der Waals surface area contributed by atoms with E-state index >= 15 is 0 Å². The minimum atomic E-state index is -4.95. The minimum Gasteiger partial charge on any atom is -0.488 e. The van der Waals surface area contributed by atoms with Gasteiger partial charge in [-0.2, -0.15) is 26.3 Å². The molecule has 3 heterocycles. The molecule has 2 saturated heterocycles. The predicted octanol–water partition coefficient (Wildman–Crippen LogP) is 12.0. The zero-order valence-corrected chi connectivity index (χ0v) is 50.0. The van der Waals surface area contributed by atoms with Gasteiger partial charge in [0.05, 0.1) is 30.1 Å². The van der Waals surface area contributed by atoms with Crippen molar-refractivity contribution in [3.05, 3.63) is 81.4 Å². The molecule has 17 nitrogen and oxygen atoms in total. The van der Waals surface area contributed by atoms with Crippen LogP contribution in [0, 0.1) is 0 Å². The average molecular weight is 1190 g/mol. The quantitative estimate of drug-likeness (QED) is 0.0248. The first-order valence-electron chi connectivity index (χ1n) is 28.6. The van der Waals surface area contributed by atoms with Crippen LogP contribution in [0.2, 0.25) is 0 Å². The molecular weight excluding hydrogens is 1100 g/mol. The van der Waals surface area contributed by atoms with E-state index in [0.717, 1.165) is 67.5 Å². The Bertz CT molecular complexity index is 2690. The first-order valence-corrected chi connectivity index (χ1v) is 28.6. The second kappa shape index (κ2) is 30.2. The highest BCUT2D eigenvalue weighted by atomic mass is 19.4. The minimum absolute atomic E-state index is 0.0236. The highest BCUT2D eigenvalue weighted by Crippen LogP contribution is 2.40. The topological polar surface area (TPSA) is 208 Å². The number of benzene rings is 2. The molecule has 2 fully saturated rings. The van der Waals surface area contributed by atoms with E-state index in [1.807, 2.05) is 6.92 Å². The van der Waals surface area contributed by atoms with Gasteiger partial charge in [0.25, 0.3) is 0 Å². The van der Waals surface area contributed by atoms with Gasteiger partial charge in [-0.25, -0.2) is 19.6 Å². The number of nitrogens with one attached hydrogen (secondary N) is 1. The number of carbonyl (C=O) groups is 6. The molecule has 462 valence electrons. The van der Waals surface area contributed by atoms with Crippen molar-refractivity contribution in [1.29, 1.82) is 0 Å². The molecule has 84 heavy (non-hydrogen) atoms. The van der Waals surface area contributed by atoms with Crippen molar-refractivity contribution in [2.45, 2.75) is 193 Å². The summed E-state index contributed by atoms with van der Waals surface area (Å²) in [6, 6.07) is 4.09. The molecule has 1 aromatic heterocycles. The summed E-state index contributed by atoms with van der Waals surface area (Å²) >= 11 is 0. The number of Topliss-reactive ketones (excluding diaryl/α,β-unsaturated/α-hetero) is 4. The Morgan fingerprint density at radius 2 is 0.964 bits per heavy atom. The molecule has 3 aromatic rings. The Labute approximate surface area is 488 Å². The first kappa shape index (κ1) is 67.8. The molecule has 0 radical (unpaired) electrons. The molecule has 2 aliphatic rings. The number of aliphatic imine (C=N–C) groups is 2. The lowest BCUT2D eigenvalue weighted by Gasteiger charge is -2.25. The van der Waals surface area contributed by atoms with E-state index in [1.165, 1.54) is 9.80 Å². The second-order valence-corrected chi connectivity index (χ2v) is 23.3. The molecule has 5 rings (SSSR count). The largest absolute Gasteiger partial charge is 0.488 e. The summed E-state index contributed by atoms with van der Waals surface area (Å²) in [6.07, 6.45) is -8.04. The van der Waals surface area contributed by atoms with Crippen LogP contribution in [0.4, 0.5) is 35.9 Å². The number of hydrogen-bond donors (Lipinski definition) is 1. The van der Waals surface area contributed by atoms with Gasteiger partial charge in [-0.05, 0) is 110 Å². The smallest absolute Gasteiger partial charge is 0.416 e. The van der Waals surface area contributed by atoms with Crippen LogP contribution in [-0.4, -0.2) is 137 Å². The van der Waals surface area contributed by atoms with Gasteiger partial charge in [0.1, 0.15) is 64.2 Å². The van der Waals surface area contributed by atoms with Crippen molar-refractivity contribution in [2.75, 3.05) is 47.3 Å². The molecule has 23 heteroatoms. The van der Waals surface area contributed by atoms with Crippen LogP contribution in [0.15, 0.2) is 46.6 Å². The van der Waals surface area contributed by atoms with Crippen molar-refractivity contribution >= 4 is 46.9 Å². The summed E-state index contributed by atoms with van der Waals surface area (Å²) in [5, 5.41) is 2.99. The van der Waals surface area contributed by atoms with Crippen molar-refractivity contribution < 1.29 is 74.1 Å². The van der Waals surface area contributed by atoms with Crippen LogP contribution in [0.25, 0.3) is 0 Å². The third-order valence-electron chi connectivity index (χ3n) is 14.1. The third-order valence-corrected chi connectivity index (χ3v) is 14.1. The van der Waals surface area contributed by atoms with E-state index in [2.05, 4.69) is 25.3 Å². The molecule has 2 aromatic carbocycles. The number of hydrogen-bond acceptors (Lipinski definition) is 14. The lowest BCUT2D eigenvalue weighted by atomic mass is 9.94. The van der Waals surface area contributed by atoms with Gasteiger partial charge in [-0.15, -0.1) is 0 Å². The van der Waals surface area contributed by atoms with E-state index in [1.54, 1.807) is 62.7 Å². The summed E-state index contributed by atoms with van der Waals surface area (Å²) in [7, 11) is 5.11. The number of amidine groups is 1. The number of ketones is 4. The molecule has 0 aliphatic carbocycles. The van der Waals surface area contributed by atoms with E-state index in [0.29, 0.717) is 38.5 Å². The normalized spacial score (nSPS) is 16.2. The van der Waals surface area contributed by atoms with Crippen LogP contribution < -0.4 is 14.8 Å². The fraction of sp³-hybridized carbons (Fsp3) is 0.607. The molecule has 0 bridgehead atoms. The zero-order valence-electron chi connectivity index (χ0n) is 50.0. The lowest BCUT2D eigenvalue weighted by Crippen LogP contribution is -2.36. The van der Waals surface area contributed by atoms with Gasteiger partial charge < -0.3 is 34.1 Å². The maximum atomic E-state index is 14.8. The SMILES string of the molecule is CCC(CCCCCC(=O)Cc1cc(C(F)(F)F)cc(CC(=O)c2cc(C(=O)Cc3cc(C(F)(F)F)cc(CC(=O)CCCCCC(=NC)NC)c3O[C@@H]3CCN(C(=O)OC(C)(C)C)C3)ncn2)c1O[C@@H]1CCN(C(=O)OC(C)(C)C)C1)=NC. The van der Waals surface area contributed by atoms with Gasteiger partial charge in [-0.3, -0.25) is 29.2 Å². The number of rotatable bonds is 27. The van der Waals surface area contributed by atoms with Crippen LogP contribution in [0.3, 0.4) is 0 Å². The monoisotopic (exact) mass is 1190 g/mol. The molecule has 2 atom stereocenters. The van der Waals surface area contributed by atoms with Crippen LogP contribution in [0.1, 0.15) is 186 Å². The summed E-state index contributed by atoms with van der Waals surface area (Å²) in [5.41, 5.74) is -4.63. The van der Waals surface area contributed by atoms with Crippen LogP contribution in [-0.2, 0) is 57.1 Å². The van der Waals surface area contributed by atoms with Crippen molar-refractivity contribution in [2.24, 2.45) is 9.98 Å². The first-order chi connectivity index (χ1) is 39.4. The van der Waals surface area contributed by atoms with Crippen molar-refractivity contribution in [3.63, 3.8) is 0 Å². The number of likely N-dealkylation sites (tertiary alicyclic amines) is 2. The standard InChI is InChI=1S/C61H81F6N7O10/c1-11-44(68-8)18-14-12-15-19-45(75)30-38-26-42(60(62,63)64)28-40(54(38)81-47-22-24-73(35-47)56(79)83-58(2,3)4)32-51(77)49-34-50(72-37-71-49)52(78)33-41-29-43(61(65,66)67)27-39(31-46(76)20-16-13-17-21-53(69-9)70-10)55(41)82-48-23-25-74(36-48)57(80)84-59(5,6)7/h26-29,34,37,47-48H,11-25,30-33,35-36H2,1-10H3,(H,69,70)/t47-,48-/m1/s1. The number of ether oxygens (including phenoxy) is 4. The maximum absolute atomic E-state index is 14.8. The van der Waals surface area contributed by atoms with Crippen molar-refractivity contribution in [1.82, 2.24) is 25.1 Å². The van der Waals surface area contributed by atoms with Gasteiger partial charge in [0.2, 0.25) is 0 Å². The Kier molecular flexibility index (Phi) is 24.4. The van der Waals surface area contributed by atoms with E-state index in [-0.39, 0.29) is 97.2 Å². The summed E-state index contributed by atoms with van der Waals surface area (Å²) < 4.78 is 113. The number of unbranched alkanes of at least 4 members (excludes halogenated alkanes) is 4. The van der Waals surface area contributed by atoms with Crippen LogP contribution in [0.5, 0.6) is 11.5 Å². The number of aromatic nitrogens is 2. The number of alkyl halides is 6. The Balaban J connectivity index is 1.48. The Morgan fingerprint density at radius 1 is 0.571 bits per heavy atom. The maximum Gasteiger partial charge on any atom is 0.416 e. The average Bonchev–Trinajstić information content (AvgIpc) is 2.60. The molecule has 0 spiro atoms. The Hall–Kier alpha value is -6.94. The van der Waals surface area contributed by atoms with E-state index < -0.39 is 108 Å². The molecular formula is C61H81F6N7O10. The van der Waals surface area contributed by atoms with Gasteiger partial charge in [0.15, 0.2) is 11.6 Å². The predicted molar refractivity (Wildman–Crippen MR) is 304 cm³/mol. The number of nitrogens with zero attached hydrogens (tertiary/aromatic N) is 6. The zero-order chi connectivity index (χ0) is 62.2. The molecule has 2 amide bonds. The van der Waals surface area contributed by atoms with E-state index in [4.69, 9.17) is 18.9 Å². The number of amides is 2. The number of carbonyl (C=O) groups excluding carboxylic acids is 6. The van der Waals surface area contributed by atoms with E-state index in [9.17, 15) is 55.1 Å². The van der Waals surface area contributed by atoms with Crippen LogP contribution >= 0.6 is 0 Å².